The molecule has 1 atom stereocenters. The Morgan fingerprint density at radius 3 is 2.70 bits per heavy atom. The third-order valence-corrected chi connectivity index (χ3v) is 5.73. The van der Waals surface area contributed by atoms with Crippen LogP contribution >= 0.6 is 11.8 Å². The molecule has 7 heteroatoms. The number of hydrogen-bond donors (Lipinski definition) is 0. The number of nitrogens with zero attached hydrogens (tertiary/aromatic N) is 2. The normalized spacial score (nSPS) is 16.4. The van der Waals surface area contributed by atoms with Gasteiger partial charge in [-0.25, -0.2) is 4.79 Å². The molecule has 0 saturated heterocycles. The molecule has 0 bridgehead atoms. The van der Waals surface area contributed by atoms with Crippen LogP contribution in [0.15, 0.2) is 41.4 Å². The largest absolute Gasteiger partial charge is 0.451 e. The molecular formula is C20H22N2O4S. The Morgan fingerprint density at radius 1 is 1.26 bits per heavy atom. The number of thioether (sulfide) groups is 1. The van der Waals surface area contributed by atoms with Gasteiger partial charge in [0.25, 0.3) is 5.91 Å². The maximum absolute atomic E-state index is 12.7. The van der Waals surface area contributed by atoms with Crippen molar-refractivity contribution < 1.29 is 19.1 Å². The van der Waals surface area contributed by atoms with Gasteiger partial charge in [0.15, 0.2) is 12.4 Å². The minimum Gasteiger partial charge on any atom is -0.451 e. The quantitative estimate of drug-likeness (QED) is 0.596. The molecule has 0 spiro atoms. The average molecular weight is 386 g/mol. The van der Waals surface area contributed by atoms with Crippen LogP contribution in [0.4, 0.5) is 5.69 Å². The van der Waals surface area contributed by atoms with E-state index in [1.807, 2.05) is 24.3 Å². The van der Waals surface area contributed by atoms with Crippen molar-refractivity contribution in [1.29, 1.82) is 0 Å². The molecule has 6 nitrogen and oxygen atoms in total. The first kappa shape index (κ1) is 19.2. The van der Waals surface area contributed by atoms with Crippen molar-refractivity contribution in [3.8, 4) is 0 Å². The molecule has 0 radical (unpaired) electrons. The van der Waals surface area contributed by atoms with E-state index < -0.39 is 5.97 Å². The lowest BCUT2D eigenvalue weighted by Gasteiger charge is -2.22. The molecule has 1 aromatic heterocycles. The number of para-hydroxylation sites is 1. The Labute approximate surface area is 162 Å². The van der Waals surface area contributed by atoms with Crippen molar-refractivity contribution in [3.63, 3.8) is 0 Å². The van der Waals surface area contributed by atoms with E-state index in [9.17, 15) is 14.4 Å². The highest BCUT2D eigenvalue weighted by molar-refractivity contribution is 8.00. The number of fused-ring (bicyclic) bond motifs is 1. The third kappa shape index (κ3) is 4.24. The van der Waals surface area contributed by atoms with Crippen molar-refractivity contribution in [1.82, 2.24) is 4.57 Å². The van der Waals surface area contributed by atoms with E-state index in [2.05, 4.69) is 6.92 Å². The predicted octanol–water partition coefficient (Wildman–Crippen LogP) is 3.30. The fourth-order valence-corrected chi connectivity index (χ4v) is 4.10. The molecule has 27 heavy (non-hydrogen) atoms. The van der Waals surface area contributed by atoms with Crippen LogP contribution in [-0.2, 0) is 16.6 Å². The van der Waals surface area contributed by atoms with Crippen molar-refractivity contribution in [2.45, 2.75) is 30.4 Å². The maximum Gasteiger partial charge on any atom is 0.355 e. The molecule has 1 aliphatic heterocycles. The van der Waals surface area contributed by atoms with Gasteiger partial charge in [0.1, 0.15) is 5.69 Å². The lowest BCUT2D eigenvalue weighted by atomic mass is 10.2. The standard InChI is InChI=1S/C20H22N2O4S/c1-13-8-9-22(16-6-4-5-7-18(16)27-13)19(24)12-26-20(25)17-10-15(14(2)23)11-21(17)3/h4-7,10-11,13H,8-9,12H2,1-3H3/t13-/m0/s1. The summed E-state index contributed by atoms with van der Waals surface area (Å²) in [6.45, 7) is 3.81. The number of hydrogen-bond acceptors (Lipinski definition) is 5. The first-order valence-electron chi connectivity index (χ1n) is 8.77. The van der Waals surface area contributed by atoms with Gasteiger partial charge in [-0.1, -0.05) is 19.1 Å². The van der Waals surface area contributed by atoms with Gasteiger partial charge in [-0.15, -0.1) is 11.8 Å². The Balaban J connectivity index is 1.71. The van der Waals surface area contributed by atoms with Crippen LogP contribution in [0.25, 0.3) is 0 Å². The van der Waals surface area contributed by atoms with Crippen molar-refractivity contribution in [2.75, 3.05) is 18.1 Å². The first-order chi connectivity index (χ1) is 12.9. The Morgan fingerprint density at radius 2 is 2.00 bits per heavy atom. The molecule has 0 unspecified atom stereocenters. The van der Waals surface area contributed by atoms with Crippen molar-refractivity contribution >= 4 is 35.1 Å². The number of ketones is 1. The summed E-state index contributed by atoms with van der Waals surface area (Å²) in [7, 11) is 1.66. The van der Waals surface area contributed by atoms with Gasteiger partial charge >= 0.3 is 5.97 Å². The summed E-state index contributed by atoms with van der Waals surface area (Å²) < 4.78 is 6.76. The molecule has 3 rings (SSSR count). The van der Waals surface area contributed by atoms with Gasteiger partial charge in [0.05, 0.1) is 5.69 Å². The minimum atomic E-state index is -0.621. The molecule has 2 aromatic rings. The van der Waals surface area contributed by atoms with Gasteiger partial charge in [-0.3, -0.25) is 9.59 Å². The van der Waals surface area contributed by atoms with E-state index in [1.54, 1.807) is 29.9 Å². The van der Waals surface area contributed by atoms with E-state index in [1.165, 1.54) is 17.6 Å². The molecule has 1 aliphatic rings. The number of anilines is 1. The highest BCUT2D eigenvalue weighted by Gasteiger charge is 2.25. The molecule has 0 saturated carbocycles. The van der Waals surface area contributed by atoms with Crippen LogP contribution in [0.2, 0.25) is 0 Å². The second kappa shape index (κ2) is 8.00. The lowest BCUT2D eigenvalue weighted by Crippen LogP contribution is -2.36. The van der Waals surface area contributed by atoms with E-state index in [4.69, 9.17) is 4.74 Å². The van der Waals surface area contributed by atoms with Crippen LogP contribution in [0.5, 0.6) is 0 Å². The summed E-state index contributed by atoms with van der Waals surface area (Å²) in [5.74, 6) is -1.01. The number of rotatable bonds is 4. The van der Waals surface area contributed by atoms with E-state index >= 15 is 0 Å². The number of ether oxygens (including phenoxy) is 1. The van der Waals surface area contributed by atoms with Crippen LogP contribution in [0.1, 0.15) is 41.1 Å². The number of esters is 1. The van der Waals surface area contributed by atoms with Gasteiger partial charge in [0, 0.05) is 35.5 Å². The summed E-state index contributed by atoms with van der Waals surface area (Å²) >= 11 is 1.75. The molecule has 1 aromatic carbocycles. The number of aryl methyl sites for hydroxylation is 1. The topological polar surface area (TPSA) is 68.6 Å². The van der Waals surface area contributed by atoms with Crippen LogP contribution in [0.3, 0.4) is 0 Å². The Bertz CT molecular complexity index is 890. The molecule has 142 valence electrons. The summed E-state index contributed by atoms with van der Waals surface area (Å²) in [5, 5.41) is 0.403. The maximum atomic E-state index is 12.7. The lowest BCUT2D eigenvalue weighted by molar-refractivity contribution is -0.121. The first-order valence-corrected chi connectivity index (χ1v) is 9.65. The number of amides is 1. The number of Topliss-reactive ketones (excluding diaryl/α,β-unsaturated/α-hetero) is 1. The molecule has 2 heterocycles. The Kier molecular flexibility index (Phi) is 5.70. The van der Waals surface area contributed by atoms with Gasteiger partial charge in [-0.2, -0.15) is 0 Å². The molecule has 1 amide bonds. The van der Waals surface area contributed by atoms with Gasteiger partial charge < -0.3 is 14.2 Å². The molecule has 0 aliphatic carbocycles. The second-order valence-corrected chi connectivity index (χ2v) is 8.07. The highest BCUT2D eigenvalue weighted by atomic mass is 32.2. The zero-order valence-corrected chi connectivity index (χ0v) is 16.4. The zero-order chi connectivity index (χ0) is 19.6. The zero-order valence-electron chi connectivity index (χ0n) is 15.6. The predicted molar refractivity (Wildman–Crippen MR) is 104 cm³/mol. The van der Waals surface area contributed by atoms with Crippen molar-refractivity contribution in [2.24, 2.45) is 7.05 Å². The summed E-state index contributed by atoms with van der Waals surface area (Å²) in [5.41, 5.74) is 1.53. The summed E-state index contributed by atoms with van der Waals surface area (Å²) in [4.78, 5) is 39.2. The fourth-order valence-electron chi connectivity index (χ4n) is 2.99. The van der Waals surface area contributed by atoms with E-state index in [-0.39, 0.29) is 24.0 Å². The molecular weight excluding hydrogens is 364 g/mol. The number of benzene rings is 1. The van der Waals surface area contributed by atoms with Gasteiger partial charge in [0.2, 0.25) is 0 Å². The average Bonchev–Trinajstić information content (AvgIpc) is 2.94. The number of aromatic nitrogens is 1. The monoisotopic (exact) mass is 386 g/mol. The van der Waals surface area contributed by atoms with E-state index in [0.717, 1.165) is 17.0 Å². The van der Waals surface area contributed by atoms with Crippen LogP contribution < -0.4 is 4.90 Å². The SMILES string of the molecule is CC(=O)c1cc(C(=O)OCC(=O)N2CC[C@H](C)Sc3ccccc32)n(C)c1. The minimum absolute atomic E-state index is 0.131. The second-order valence-electron chi connectivity index (χ2n) is 6.59. The molecule has 0 N–H and O–H groups in total. The van der Waals surface area contributed by atoms with E-state index in [0.29, 0.717) is 17.4 Å². The molecule has 0 fully saturated rings. The van der Waals surface area contributed by atoms with Crippen LogP contribution in [-0.4, -0.2) is 40.6 Å². The van der Waals surface area contributed by atoms with Gasteiger partial charge in [-0.05, 0) is 31.5 Å². The fraction of sp³-hybridized carbons (Fsp3) is 0.350. The third-order valence-electron chi connectivity index (χ3n) is 4.49. The summed E-state index contributed by atoms with van der Waals surface area (Å²) in [6, 6.07) is 9.25. The summed E-state index contributed by atoms with van der Waals surface area (Å²) in [6.07, 6.45) is 2.43. The van der Waals surface area contributed by atoms with Crippen molar-refractivity contribution in [3.05, 3.63) is 47.8 Å². The Hall–Kier alpha value is -2.54. The highest BCUT2D eigenvalue weighted by Crippen LogP contribution is 2.37. The number of carbonyl (C=O) groups excluding carboxylic acids is 3. The number of carbonyl (C=O) groups is 3. The van der Waals surface area contributed by atoms with Crippen LogP contribution in [0, 0.1) is 0 Å². The smallest absolute Gasteiger partial charge is 0.355 e.